The van der Waals surface area contributed by atoms with Crippen LogP contribution in [0.25, 0.3) is 0 Å². The van der Waals surface area contributed by atoms with Crippen molar-refractivity contribution in [3.05, 3.63) is 0 Å². The van der Waals surface area contributed by atoms with E-state index in [1.807, 2.05) is 6.92 Å². The van der Waals surface area contributed by atoms with E-state index >= 15 is 0 Å². The normalized spacial score (nSPS) is 14.5. The van der Waals surface area contributed by atoms with E-state index in [0.717, 1.165) is 6.42 Å². The molecule has 2 atom stereocenters. The number of hydrogen-bond acceptors (Lipinski definition) is 4. The zero-order chi connectivity index (χ0) is 11.1. The van der Waals surface area contributed by atoms with Crippen LogP contribution in [-0.2, 0) is 14.3 Å². The van der Waals surface area contributed by atoms with E-state index in [2.05, 4.69) is 0 Å². The van der Waals surface area contributed by atoms with Gasteiger partial charge < -0.3 is 15.6 Å². The molecule has 82 valence electrons. The fourth-order valence-corrected chi connectivity index (χ4v) is 0.908. The van der Waals surface area contributed by atoms with Crippen molar-refractivity contribution in [1.82, 2.24) is 0 Å². The minimum Gasteiger partial charge on any atom is -0.480 e. The molecule has 0 spiro atoms. The van der Waals surface area contributed by atoms with Gasteiger partial charge in [0.15, 0.2) is 0 Å². The highest BCUT2D eigenvalue weighted by Gasteiger charge is 2.22. The van der Waals surface area contributed by atoms with E-state index in [1.165, 1.54) is 0 Å². The van der Waals surface area contributed by atoms with Crippen molar-refractivity contribution >= 4 is 11.9 Å². The molecule has 0 aromatic heterocycles. The molecule has 0 rings (SSSR count). The first-order chi connectivity index (χ1) is 6.49. The number of carbonyl (C=O) groups excluding carboxylic acids is 1. The van der Waals surface area contributed by atoms with Gasteiger partial charge in [-0.2, -0.15) is 0 Å². The number of hydrogen-bond donors (Lipinski definition) is 2. The highest BCUT2D eigenvalue weighted by molar-refractivity contribution is 5.75. The second-order valence-electron chi connectivity index (χ2n) is 3.27. The Hall–Kier alpha value is -1.10. The fraction of sp³-hybridized carbons (Fsp3) is 0.778. The second-order valence-corrected chi connectivity index (χ2v) is 3.27. The number of nitrogens with two attached hydrogens (primary N) is 1. The van der Waals surface area contributed by atoms with Crippen LogP contribution in [0, 0.1) is 5.92 Å². The third-order valence-electron chi connectivity index (χ3n) is 1.85. The summed E-state index contributed by atoms with van der Waals surface area (Å²) in [5.41, 5.74) is 5.33. The third-order valence-corrected chi connectivity index (χ3v) is 1.85. The van der Waals surface area contributed by atoms with Crippen LogP contribution in [0.1, 0.15) is 26.7 Å². The van der Waals surface area contributed by atoms with Gasteiger partial charge in [0.25, 0.3) is 0 Å². The molecule has 0 aliphatic rings. The average molecular weight is 203 g/mol. The Balaban J connectivity index is 3.86. The third kappa shape index (κ3) is 4.81. The van der Waals surface area contributed by atoms with Gasteiger partial charge in [-0.3, -0.25) is 9.59 Å². The average Bonchev–Trinajstić information content (AvgIpc) is 2.13. The molecule has 0 radical (unpaired) electrons. The maximum atomic E-state index is 11.1. The molecule has 5 nitrogen and oxygen atoms in total. The van der Waals surface area contributed by atoms with Crippen LogP contribution in [0.5, 0.6) is 0 Å². The van der Waals surface area contributed by atoms with Crippen molar-refractivity contribution < 1.29 is 19.4 Å². The van der Waals surface area contributed by atoms with E-state index in [-0.39, 0.29) is 6.42 Å². The molecule has 0 amide bonds. The molecule has 0 saturated heterocycles. The molecular formula is C9H17NO4. The lowest BCUT2D eigenvalue weighted by atomic mass is 9.99. The van der Waals surface area contributed by atoms with Gasteiger partial charge in [-0.25, -0.2) is 0 Å². The number of carboxylic acid groups (broad SMARTS) is 1. The maximum absolute atomic E-state index is 11.1. The van der Waals surface area contributed by atoms with E-state index in [9.17, 15) is 9.59 Å². The van der Waals surface area contributed by atoms with Gasteiger partial charge in [0.1, 0.15) is 6.04 Å². The molecule has 0 saturated carbocycles. The van der Waals surface area contributed by atoms with E-state index in [0.29, 0.717) is 6.61 Å². The molecule has 5 heteroatoms. The van der Waals surface area contributed by atoms with E-state index in [1.54, 1.807) is 6.92 Å². The minimum atomic E-state index is -1.10. The molecule has 0 aromatic carbocycles. The smallest absolute Gasteiger partial charge is 0.320 e. The predicted octanol–water partition coefficient (Wildman–Crippen LogP) is 0.378. The van der Waals surface area contributed by atoms with Crippen molar-refractivity contribution in [2.75, 3.05) is 6.61 Å². The number of aliphatic carboxylic acids is 1. The standard InChI is InChI=1S/C9H17NO4/c1-3-4-14-7(11)5-6(2)8(10)9(12)13/h6,8H,3-5,10H2,1-2H3,(H,12,13)/t6?,8-/m0/s1. The SMILES string of the molecule is CCCOC(=O)CC(C)[C@H](N)C(=O)O. The molecule has 0 aliphatic heterocycles. The van der Waals surface area contributed by atoms with Crippen molar-refractivity contribution in [1.29, 1.82) is 0 Å². The van der Waals surface area contributed by atoms with Gasteiger partial charge >= 0.3 is 11.9 Å². The number of carboxylic acids is 1. The highest BCUT2D eigenvalue weighted by Crippen LogP contribution is 2.07. The fourth-order valence-electron chi connectivity index (χ4n) is 0.908. The van der Waals surface area contributed by atoms with Gasteiger partial charge in [0.05, 0.1) is 13.0 Å². The maximum Gasteiger partial charge on any atom is 0.320 e. The zero-order valence-corrected chi connectivity index (χ0v) is 8.53. The Labute approximate surface area is 83.2 Å². The van der Waals surface area contributed by atoms with Crippen LogP contribution in [-0.4, -0.2) is 29.7 Å². The van der Waals surface area contributed by atoms with Crippen LogP contribution in [0.4, 0.5) is 0 Å². The summed E-state index contributed by atoms with van der Waals surface area (Å²) in [5.74, 6) is -1.89. The Kier molecular flexibility index (Phi) is 5.87. The molecule has 0 aromatic rings. The first-order valence-electron chi connectivity index (χ1n) is 4.63. The van der Waals surface area contributed by atoms with Crippen LogP contribution in [0.3, 0.4) is 0 Å². The lowest BCUT2D eigenvalue weighted by Gasteiger charge is -2.14. The summed E-state index contributed by atoms with van der Waals surface area (Å²) in [5, 5.41) is 8.56. The number of carbonyl (C=O) groups is 2. The summed E-state index contributed by atoms with van der Waals surface area (Å²) in [6.07, 6.45) is 0.804. The summed E-state index contributed by atoms with van der Waals surface area (Å²) in [7, 11) is 0. The van der Waals surface area contributed by atoms with Crippen LogP contribution in [0.2, 0.25) is 0 Å². The summed E-state index contributed by atoms with van der Waals surface area (Å²) in [6, 6.07) is -1.01. The summed E-state index contributed by atoms with van der Waals surface area (Å²) >= 11 is 0. The summed E-state index contributed by atoms with van der Waals surface area (Å²) in [6.45, 7) is 3.87. The molecule has 14 heavy (non-hydrogen) atoms. The second kappa shape index (κ2) is 6.37. The molecule has 1 unspecified atom stereocenters. The van der Waals surface area contributed by atoms with Gasteiger partial charge in [-0.05, 0) is 12.3 Å². The van der Waals surface area contributed by atoms with E-state index < -0.39 is 23.9 Å². The van der Waals surface area contributed by atoms with Crippen molar-refractivity contribution in [2.45, 2.75) is 32.7 Å². The molecule has 0 fully saturated rings. The number of esters is 1. The molecule has 0 heterocycles. The van der Waals surface area contributed by atoms with E-state index in [4.69, 9.17) is 15.6 Å². The van der Waals surface area contributed by atoms with Gasteiger partial charge in [0, 0.05) is 0 Å². The van der Waals surface area contributed by atoms with Gasteiger partial charge in [-0.15, -0.1) is 0 Å². The number of rotatable bonds is 6. The van der Waals surface area contributed by atoms with Crippen LogP contribution in [0.15, 0.2) is 0 Å². The summed E-state index contributed by atoms with van der Waals surface area (Å²) in [4.78, 5) is 21.5. The molecule has 3 N–H and O–H groups in total. The van der Waals surface area contributed by atoms with Crippen molar-refractivity contribution in [3.8, 4) is 0 Å². The molecular weight excluding hydrogens is 186 g/mol. The topological polar surface area (TPSA) is 89.6 Å². The Morgan fingerprint density at radius 3 is 2.50 bits per heavy atom. The van der Waals surface area contributed by atoms with Gasteiger partial charge in [-0.1, -0.05) is 13.8 Å². The highest BCUT2D eigenvalue weighted by atomic mass is 16.5. The lowest BCUT2D eigenvalue weighted by Crippen LogP contribution is -2.37. The summed E-state index contributed by atoms with van der Waals surface area (Å²) < 4.78 is 4.80. The van der Waals surface area contributed by atoms with Crippen LogP contribution < -0.4 is 5.73 Å². The predicted molar refractivity (Wildman–Crippen MR) is 50.6 cm³/mol. The first-order valence-corrected chi connectivity index (χ1v) is 4.63. The van der Waals surface area contributed by atoms with Crippen molar-refractivity contribution in [2.24, 2.45) is 11.7 Å². The largest absolute Gasteiger partial charge is 0.480 e. The Bertz CT molecular complexity index is 205. The van der Waals surface area contributed by atoms with Crippen molar-refractivity contribution in [3.63, 3.8) is 0 Å². The lowest BCUT2D eigenvalue weighted by molar-refractivity contribution is -0.146. The minimum absolute atomic E-state index is 0.0491. The van der Waals surface area contributed by atoms with Crippen LogP contribution >= 0.6 is 0 Å². The molecule has 0 bridgehead atoms. The van der Waals surface area contributed by atoms with Gasteiger partial charge in [0.2, 0.25) is 0 Å². The number of ether oxygens (including phenoxy) is 1. The zero-order valence-electron chi connectivity index (χ0n) is 8.53. The monoisotopic (exact) mass is 203 g/mol. The first kappa shape index (κ1) is 12.9. The quantitative estimate of drug-likeness (QED) is 0.609. The Morgan fingerprint density at radius 2 is 2.07 bits per heavy atom. The Morgan fingerprint density at radius 1 is 1.50 bits per heavy atom. The molecule has 0 aliphatic carbocycles.